The third kappa shape index (κ3) is 4.07. The largest absolute Gasteiger partial charge is 0.397 e. The second kappa shape index (κ2) is 6.66. The third-order valence-corrected chi connectivity index (χ3v) is 4.77. The molecular weight excluding hydrogens is 363 g/mol. The first-order valence-corrected chi connectivity index (χ1v) is 8.43. The van der Waals surface area contributed by atoms with Gasteiger partial charge in [0.25, 0.3) is 0 Å². The highest BCUT2D eigenvalue weighted by Gasteiger charge is 2.20. The van der Waals surface area contributed by atoms with Crippen LogP contribution in [-0.4, -0.2) is 14.3 Å². The zero-order chi connectivity index (χ0) is 17.2. The maximum Gasteiger partial charge on any atom is 0.339 e. The molecule has 23 heavy (non-hydrogen) atoms. The second-order valence-electron chi connectivity index (χ2n) is 4.52. The van der Waals surface area contributed by atoms with Gasteiger partial charge in [0.2, 0.25) is 5.91 Å². The number of carbonyl (C=O) groups is 1. The van der Waals surface area contributed by atoms with Crippen molar-refractivity contribution in [1.82, 2.24) is 0 Å². The van der Waals surface area contributed by atoms with Crippen LogP contribution >= 0.6 is 23.2 Å². The maximum absolute atomic E-state index is 12.3. The molecule has 2 aromatic carbocycles. The summed E-state index contributed by atoms with van der Waals surface area (Å²) in [5.41, 5.74) is 6.12. The van der Waals surface area contributed by atoms with Gasteiger partial charge in [-0.3, -0.25) is 4.79 Å². The van der Waals surface area contributed by atoms with Gasteiger partial charge in [-0.1, -0.05) is 29.3 Å². The maximum atomic E-state index is 12.3. The summed E-state index contributed by atoms with van der Waals surface area (Å²) in [5, 5.41) is 2.63. The normalized spacial score (nSPS) is 11.1. The fourth-order valence-electron chi connectivity index (χ4n) is 1.71. The molecule has 0 saturated carbocycles. The number of nitrogens with one attached hydrogen (secondary N) is 1. The van der Waals surface area contributed by atoms with Crippen molar-refractivity contribution in [2.75, 3.05) is 11.1 Å². The van der Waals surface area contributed by atoms with Crippen molar-refractivity contribution in [1.29, 1.82) is 0 Å². The molecule has 0 unspecified atom stereocenters. The Balaban J connectivity index is 2.35. The van der Waals surface area contributed by atoms with Crippen molar-refractivity contribution >= 4 is 50.6 Å². The molecule has 0 heterocycles. The SMILES string of the molecule is CC(=O)Nc1ccc(S(=O)(=O)Oc2cccc(Cl)c2Cl)cc1N. The van der Waals surface area contributed by atoms with Gasteiger partial charge in [-0.25, -0.2) is 0 Å². The molecule has 0 aromatic heterocycles. The zero-order valence-corrected chi connectivity index (χ0v) is 14.2. The minimum atomic E-state index is -4.16. The summed E-state index contributed by atoms with van der Waals surface area (Å²) in [5.74, 6) is -0.419. The summed E-state index contributed by atoms with van der Waals surface area (Å²) in [7, 11) is -4.16. The number of carbonyl (C=O) groups excluding carboxylic acids is 1. The number of amides is 1. The van der Waals surface area contributed by atoms with Crippen LogP contribution < -0.4 is 15.2 Å². The van der Waals surface area contributed by atoms with Gasteiger partial charge < -0.3 is 15.2 Å². The number of rotatable bonds is 4. The smallest absolute Gasteiger partial charge is 0.339 e. The fourth-order valence-corrected chi connectivity index (χ4v) is 3.07. The quantitative estimate of drug-likeness (QED) is 0.631. The van der Waals surface area contributed by atoms with E-state index in [1.807, 2.05) is 0 Å². The topological polar surface area (TPSA) is 98.5 Å². The molecule has 0 aliphatic rings. The first-order valence-electron chi connectivity index (χ1n) is 6.26. The van der Waals surface area contributed by atoms with Gasteiger partial charge in [-0.15, -0.1) is 0 Å². The molecule has 0 aliphatic carbocycles. The molecule has 122 valence electrons. The van der Waals surface area contributed by atoms with Crippen molar-refractivity contribution in [3.63, 3.8) is 0 Å². The van der Waals surface area contributed by atoms with E-state index >= 15 is 0 Å². The van der Waals surface area contributed by atoms with Gasteiger partial charge in [0.05, 0.1) is 16.4 Å². The first-order chi connectivity index (χ1) is 10.7. The van der Waals surface area contributed by atoms with Crippen molar-refractivity contribution in [3.8, 4) is 5.75 Å². The Morgan fingerprint density at radius 1 is 1.22 bits per heavy atom. The van der Waals surface area contributed by atoms with Gasteiger partial charge >= 0.3 is 10.1 Å². The Labute approximate surface area is 143 Å². The monoisotopic (exact) mass is 374 g/mol. The molecule has 0 spiro atoms. The molecule has 0 radical (unpaired) electrons. The minimum absolute atomic E-state index is 0.0134. The second-order valence-corrected chi connectivity index (χ2v) is 6.85. The van der Waals surface area contributed by atoms with Crippen LogP contribution in [0, 0.1) is 0 Å². The van der Waals surface area contributed by atoms with E-state index in [9.17, 15) is 13.2 Å². The Bertz CT molecular complexity index is 869. The van der Waals surface area contributed by atoms with Gasteiger partial charge in [-0.05, 0) is 30.3 Å². The predicted octanol–water partition coefficient (Wildman–Crippen LogP) is 3.30. The first kappa shape index (κ1) is 17.4. The molecule has 0 saturated heterocycles. The lowest BCUT2D eigenvalue weighted by Gasteiger charge is -2.11. The number of nitrogens with two attached hydrogens (primary N) is 1. The highest BCUT2D eigenvalue weighted by Crippen LogP contribution is 2.34. The Kier molecular flexibility index (Phi) is 5.03. The van der Waals surface area contributed by atoms with Crippen LogP contribution in [-0.2, 0) is 14.9 Å². The van der Waals surface area contributed by atoms with E-state index < -0.39 is 10.1 Å². The van der Waals surface area contributed by atoms with Gasteiger partial charge in [0.1, 0.15) is 9.92 Å². The van der Waals surface area contributed by atoms with Crippen molar-refractivity contribution < 1.29 is 17.4 Å². The summed E-state index contributed by atoms with van der Waals surface area (Å²) in [4.78, 5) is 10.8. The Morgan fingerprint density at radius 2 is 1.91 bits per heavy atom. The molecule has 2 rings (SSSR count). The summed E-state index contributed by atoms with van der Waals surface area (Å²) in [6, 6.07) is 8.19. The molecule has 0 bridgehead atoms. The van der Waals surface area contributed by atoms with Crippen LogP contribution in [0.1, 0.15) is 6.92 Å². The van der Waals surface area contributed by atoms with Crippen LogP contribution in [0.15, 0.2) is 41.3 Å². The minimum Gasteiger partial charge on any atom is -0.397 e. The number of hydrogen-bond acceptors (Lipinski definition) is 5. The molecule has 6 nitrogen and oxygen atoms in total. The number of anilines is 2. The average Bonchev–Trinajstić information content (AvgIpc) is 2.45. The molecule has 9 heteroatoms. The number of nitrogen functional groups attached to an aromatic ring is 1. The summed E-state index contributed by atoms with van der Waals surface area (Å²) in [6.45, 7) is 1.31. The number of halogens is 2. The van der Waals surface area contributed by atoms with E-state index in [4.69, 9.17) is 33.1 Å². The summed E-state index contributed by atoms with van der Waals surface area (Å²) in [6.07, 6.45) is 0. The Hall–Kier alpha value is -1.96. The lowest BCUT2D eigenvalue weighted by molar-refractivity contribution is -0.114. The lowest BCUT2D eigenvalue weighted by Crippen LogP contribution is -2.12. The van der Waals surface area contributed by atoms with Crippen molar-refractivity contribution in [2.24, 2.45) is 0 Å². The van der Waals surface area contributed by atoms with Gasteiger partial charge in [0, 0.05) is 6.92 Å². The molecule has 2 aromatic rings. The van der Waals surface area contributed by atoms with E-state index in [2.05, 4.69) is 5.32 Å². The van der Waals surface area contributed by atoms with Crippen molar-refractivity contribution in [2.45, 2.75) is 11.8 Å². The van der Waals surface area contributed by atoms with Crippen molar-refractivity contribution in [3.05, 3.63) is 46.4 Å². The summed E-state index contributed by atoms with van der Waals surface area (Å²) >= 11 is 11.7. The van der Waals surface area contributed by atoms with Crippen LogP contribution in [0.5, 0.6) is 5.75 Å². The van der Waals surface area contributed by atoms with Gasteiger partial charge in [-0.2, -0.15) is 8.42 Å². The van der Waals surface area contributed by atoms with E-state index in [1.54, 1.807) is 0 Å². The average molecular weight is 375 g/mol. The number of hydrogen-bond donors (Lipinski definition) is 2. The number of benzene rings is 2. The molecule has 0 aliphatic heterocycles. The van der Waals surface area contributed by atoms with E-state index in [-0.39, 0.29) is 32.3 Å². The van der Waals surface area contributed by atoms with Crippen LogP contribution in [0.25, 0.3) is 0 Å². The molecular formula is C14H12Cl2N2O4S. The van der Waals surface area contributed by atoms with Crippen LogP contribution in [0.3, 0.4) is 0 Å². The standard InChI is InChI=1S/C14H12Cl2N2O4S/c1-8(19)18-12-6-5-9(7-11(12)17)23(20,21)22-13-4-2-3-10(15)14(13)16/h2-7H,17H2,1H3,(H,18,19). The molecule has 1 amide bonds. The molecule has 0 fully saturated rings. The third-order valence-electron chi connectivity index (χ3n) is 2.74. The molecule has 3 N–H and O–H groups in total. The molecule has 0 atom stereocenters. The van der Waals surface area contributed by atoms with Crippen LogP contribution in [0.4, 0.5) is 11.4 Å². The predicted molar refractivity (Wildman–Crippen MR) is 89.4 cm³/mol. The summed E-state index contributed by atoms with van der Waals surface area (Å²) < 4.78 is 29.6. The fraction of sp³-hybridized carbons (Fsp3) is 0.0714. The van der Waals surface area contributed by atoms with E-state index in [1.165, 1.54) is 43.3 Å². The van der Waals surface area contributed by atoms with E-state index in [0.717, 1.165) is 0 Å². The highest BCUT2D eigenvalue weighted by atomic mass is 35.5. The van der Waals surface area contributed by atoms with E-state index in [0.29, 0.717) is 5.69 Å². The highest BCUT2D eigenvalue weighted by molar-refractivity contribution is 7.87. The Morgan fingerprint density at radius 3 is 2.52 bits per heavy atom. The zero-order valence-electron chi connectivity index (χ0n) is 11.8. The van der Waals surface area contributed by atoms with Crippen LogP contribution in [0.2, 0.25) is 10.0 Å². The van der Waals surface area contributed by atoms with Gasteiger partial charge in [0.15, 0.2) is 5.75 Å². The lowest BCUT2D eigenvalue weighted by atomic mass is 10.2.